The van der Waals surface area contributed by atoms with Gasteiger partial charge < -0.3 is 10.1 Å². The lowest BCUT2D eigenvalue weighted by atomic mass is 9.89. The molecule has 118 valence electrons. The van der Waals surface area contributed by atoms with Gasteiger partial charge in [-0.15, -0.1) is 0 Å². The summed E-state index contributed by atoms with van der Waals surface area (Å²) >= 11 is 5.97. The highest BCUT2D eigenvalue weighted by molar-refractivity contribution is 6.33. The maximum Gasteiger partial charge on any atom is 0.418 e. The normalized spacial score (nSPS) is 26.7. The van der Waals surface area contributed by atoms with E-state index in [4.69, 9.17) is 16.3 Å². The highest BCUT2D eigenvalue weighted by atomic mass is 35.5. The molecule has 0 aliphatic carbocycles. The SMILES string of the molecule is CCC1(C)CC(Nc2c(Cl)cccc2C(F)(F)F)CCO1. The molecule has 2 unspecified atom stereocenters. The summed E-state index contributed by atoms with van der Waals surface area (Å²) in [5.41, 5.74) is -1.05. The summed E-state index contributed by atoms with van der Waals surface area (Å²) in [5, 5.41) is 3.07. The van der Waals surface area contributed by atoms with E-state index < -0.39 is 11.7 Å². The van der Waals surface area contributed by atoms with Crippen molar-refractivity contribution < 1.29 is 17.9 Å². The molecule has 1 aliphatic heterocycles. The summed E-state index contributed by atoms with van der Waals surface area (Å²) in [7, 11) is 0. The van der Waals surface area contributed by atoms with Crippen molar-refractivity contribution in [2.24, 2.45) is 0 Å². The minimum atomic E-state index is -4.42. The Morgan fingerprint density at radius 1 is 1.43 bits per heavy atom. The van der Waals surface area contributed by atoms with E-state index in [1.165, 1.54) is 12.1 Å². The van der Waals surface area contributed by atoms with E-state index in [1.54, 1.807) is 0 Å². The lowest BCUT2D eigenvalue weighted by Crippen LogP contribution is -2.42. The fraction of sp³-hybridized carbons (Fsp3) is 0.600. The zero-order valence-corrected chi connectivity index (χ0v) is 12.8. The van der Waals surface area contributed by atoms with Crippen molar-refractivity contribution in [1.82, 2.24) is 0 Å². The van der Waals surface area contributed by atoms with Crippen LogP contribution in [-0.2, 0) is 10.9 Å². The molecule has 1 saturated heterocycles. The molecule has 1 aromatic rings. The fourth-order valence-corrected chi connectivity index (χ4v) is 2.84. The standard InChI is InChI=1S/C15H19ClF3NO/c1-3-14(2)9-10(7-8-21-14)20-13-11(15(17,18)19)5-4-6-12(13)16/h4-6,10,20H,3,7-9H2,1-2H3. The first-order valence-electron chi connectivity index (χ1n) is 7.01. The summed E-state index contributed by atoms with van der Waals surface area (Å²) < 4.78 is 44.9. The molecular formula is C15H19ClF3NO. The number of nitrogens with one attached hydrogen (secondary N) is 1. The van der Waals surface area contributed by atoms with Crippen LogP contribution in [0.3, 0.4) is 0 Å². The average Bonchev–Trinajstić information content (AvgIpc) is 2.40. The van der Waals surface area contributed by atoms with Crippen LogP contribution < -0.4 is 5.32 Å². The van der Waals surface area contributed by atoms with E-state index in [-0.39, 0.29) is 22.4 Å². The maximum atomic E-state index is 13.1. The molecular weight excluding hydrogens is 303 g/mol. The molecule has 0 bridgehead atoms. The molecule has 1 aromatic carbocycles. The first kappa shape index (κ1) is 16.4. The third kappa shape index (κ3) is 3.83. The molecule has 1 heterocycles. The second kappa shape index (κ2) is 6.05. The molecule has 2 atom stereocenters. The number of para-hydroxylation sites is 1. The lowest BCUT2D eigenvalue weighted by Gasteiger charge is -2.38. The Labute approximate surface area is 127 Å². The fourth-order valence-electron chi connectivity index (χ4n) is 2.61. The van der Waals surface area contributed by atoms with E-state index in [2.05, 4.69) is 5.32 Å². The highest BCUT2D eigenvalue weighted by Crippen LogP contribution is 2.40. The van der Waals surface area contributed by atoms with Gasteiger partial charge >= 0.3 is 6.18 Å². The van der Waals surface area contributed by atoms with Crippen LogP contribution in [-0.4, -0.2) is 18.2 Å². The molecule has 2 rings (SSSR count). The van der Waals surface area contributed by atoms with Crippen LogP contribution in [0.15, 0.2) is 18.2 Å². The van der Waals surface area contributed by atoms with Crippen molar-refractivity contribution >= 4 is 17.3 Å². The van der Waals surface area contributed by atoms with Crippen molar-refractivity contribution in [3.8, 4) is 0 Å². The van der Waals surface area contributed by atoms with Crippen LogP contribution in [0.4, 0.5) is 18.9 Å². The molecule has 21 heavy (non-hydrogen) atoms. The van der Waals surface area contributed by atoms with Gasteiger partial charge in [0.2, 0.25) is 0 Å². The Morgan fingerprint density at radius 2 is 2.14 bits per heavy atom. The minimum Gasteiger partial charge on any atom is -0.380 e. The van der Waals surface area contributed by atoms with Gasteiger partial charge in [-0.05, 0) is 38.3 Å². The smallest absolute Gasteiger partial charge is 0.380 e. The molecule has 1 fully saturated rings. The number of alkyl halides is 3. The number of benzene rings is 1. The summed E-state index contributed by atoms with van der Waals surface area (Å²) in [5.74, 6) is 0. The third-order valence-electron chi connectivity index (χ3n) is 4.01. The first-order valence-corrected chi connectivity index (χ1v) is 7.39. The number of hydrogen-bond donors (Lipinski definition) is 1. The molecule has 0 amide bonds. The quantitative estimate of drug-likeness (QED) is 0.834. The van der Waals surface area contributed by atoms with Crippen LogP contribution in [0.5, 0.6) is 0 Å². The van der Waals surface area contributed by atoms with E-state index in [1.807, 2.05) is 13.8 Å². The minimum absolute atomic E-state index is 0.0305. The number of hydrogen-bond acceptors (Lipinski definition) is 2. The third-order valence-corrected chi connectivity index (χ3v) is 4.33. The first-order chi connectivity index (χ1) is 9.75. The number of halogens is 4. The molecule has 0 saturated carbocycles. The van der Waals surface area contributed by atoms with Crippen LogP contribution >= 0.6 is 11.6 Å². The summed E-state index contributed by atoms with van der Waals surface area (Å²) in [6.07, 6.45) is -2.28. The topological polar surface area (TPSA) is 21.3 Å². The molecule has 1 N–H and O–H groups in total. The highest BCUT2D eigenvalue weighted by Gasteiger charge is 2.36. The zero-order valence-electron chi connectivity index (χ0n) is 12.1. The summed E-state index contributed by atoms with van der Waals surface area (Å²) in [6, 6.07) is 3.75. The number of ether oxygens (including phenoxy) is 1. The van der Waals surface area contributed by atoms with Gasteiger partial charge in [-0.1, -0.05) is 24.6 Å². The second-order valence-corrected chi connectivity index (χ2v) is 6.05. The van der Waals surface area contributed by atoms with Crippen molar-refractivity contribution in [2.45, 2.75) is 50.9 Å². The summed E-state index contributed by atoms with van der Waals surface area (Å²) in [6.45, 7) is 4.53. The largest absolute Gasteiger partial charge is 0.418 e. The van der Waals surface area contributed by atoms with Crippen molar-refractivity contribution in [1.29, 1.82) is 0 Å². The second-order valence-electron chi connectivity index (χ2n) is 5.65. The molecule has 6 heteroatoms. The van der Waals surface area contributed by atoms with Gasteiger partial charge in [0.25, 0.3) is 0 Å². The number of anilines is 1. The van der Waals surface area contributed by atoms with Crippen molar-refractivity contribution in [3.63, 3.8) is 0 Å². The lowest BCUT2D eigenvalue weighted by molar-refractivity contribution is -0.137. The van der Waals surface area contributed by atoms with E-state index in [0.717, 1.165) is 12.5 Å². The van der Waals surface area contributed by atoms with Crippen molar-refractivity contribution in [2.75, 3.05) is 11.9 Å². The van der Waals surface area contributed by atoms with Crippen LogP contribution in [0.2, 0.25) is 5.02 Å². The average molecular weight is 322 g/mol. The van der Waals surface area contributed by atoms with Gasteiger partial charge in [-0.3, -0.25) is 0 Å². The Balaban J connectivity index is 2.24. The predicted molar refractivity (Wildman–Crippen MR) is 77.7 cm³/mol. The monoisotopic (exact) mass is 321 g/mol. The predicted octanol–water partition coefficient (Wildman–Crippen LogP) is 5.12. The zero-order chi connectivity index (χ0) is 15.7. The molecule has 0 spiro atoms. The van der Waals surface area contributed by atoms with Gasteiger partial charge in [-0.25, -0.2) is 0 Å². The summed E-state index contributed by atoms with van der Waals surface area (Å²) in [4.78, 5) is 0. The van der Waals surface area contributed by atoms with Crippen LogP contribution in [0.1, 0.15) is 38.7 Å². The van der Waals surface area contributed by atoms with E-state index in [9.17, 15) is 13.2 Å². The van der Waals surface area contributed by atoms with Crippen molar-refractivity contribution in [3.05, 3.63) is 28.8 Å². The van der Waals surface area contributed by atoms with Crippen LogP contribution in [0.25, 0.3) is 0 Å². The molecule has 1 aliphatic rings. The van der Waals surface area contributed by atoms with Gasteiger partial charge in [0.05, 0.1) is 21.9 Å². The Morgan fingerprint density at radius 3 is 2.76 bits per heavy atom. The van der Waals surface area contributed by atoms with Gasteiger partial charge in [-0.2, -0.15) is 13.2 Å². The van der Waals surface area contributed by atoms with E-state index >= 15 is 0 Å². The molecule has 0 radical (unpaired) electrons. The van der Waals surface area contributed by atoms with Gasteiger partial charge in [0.1, 0.15) is 0 Å². The Hall–Kier alpha value is -0.940. The Bertz CT molecular complexity index is 506. The number of rotatable bonds is 3. The Kier molecular flexibility index (Phi) is 4.73. The van der Waals surface area contributed by atoms with E-state index in [0.29, 0.717) is 19.4 Å². The van der Waals surface area contributed by atoms with Crippen LogP contribution in [0, 0.1) is 0 Å². The maximum absolute atomic E-state index is 13.1. The van der Waals surface area contributed by atoms with Gasteiger partial charge in [0.15, 0.2) is 0 Å². The molecule has 2 nitrogen and oxygen atoms in total. The molecule has 0 aromatic heterocycles. The van der Waals surface area contributed by atoms with Gasteiger partial charge in [0, 0.05) is 12.6 Å².